The van der Waals surface area contributed by atoms with Crippen molar-refractivity contribution < 1.29 is 4.79 Å². The van der Waals surface area contributed by atoms with Crippen LogP contribution >= 0.6 is 0 Å². The molecule has 0 heterocycles. The van der Waals surface area contributed by atoms with Crippen LogP contribution in [0.3, 0.4) is 0 Å². The first-order valence-corrected chi connectivity index (χ1v) is 15.7. The first-order valence-electron chi connectivity index (χ1n) is 5.48. The summed E-state index contributed by atoms with van der Waals surface area (Å²) >= 11 is -1.92. The van der Waals surface area contributed by atoms with Crippen molar-refractivity contribution in [2.75, 3.05) is 0 Å². The summed E-state index contributed by atoms with van der Waals surface area (Å²) in [4.78, 5) is 18.9. The van der Waals surface area contributed by atoms with Gasteiger partial charge in [-0.25, -0.2) is 0 Å². The molecule has 1 aliphatic carbocycles. The van der Waals surface area contributed by atoms with Gasteiger partial charge < -0.3 is 0 Å². The van der Waals surface area contributed by atoms with Crippen LogP contribution in [0.5, 0.6) is 0 Å². The maximum atomic E-state index is 11.6. The second-order valence-corrected chi connectivity index (χ2v) is 21.3. The molecular formula is C12H22OSn. The number of hydrogen-bond donors (Lipinski definition) is 0. The molecule has 0 radical (unpaired) electrons. The van der Waals surface area contributed by atoms with E-state index in [1.807, 2.05) is 0 Å². The van der Waals surface area contributed by atoms with Gasteiger partial charge in [-0.15, -0.1) is 0 Å². The Bertz CT molecular complexity index is 260. The molecule has 1 rings (SSSR count). The zero-order valence-electron chi connectivity index (χ0n) is 10.1. The number of hydrogen-bond acceptors (Lipinski definition) is 1. The summed E-state index contributed by atoms with van der Waals surface area (Å²) in [7, 11) is 0. The van der Waals surface area contributed by atoms with Crippen LogP contribution in [0, 0.1) is 5.92 Å². The van der Waals surface area contributed by atoms with E-state index in [2.05, 4.69) is 27.8 Å². The molecule has 14 heavy (non-hydrogen) atoms. The average molecular weight is 301 g/mol. The summed E-state index contributed by atoms with van der Waals surface area (Å²) in [5, 5.41) is 0. The van der Waals surface area contributed by atoms with Gasteiger partial charge in [0.25, 0.3) is 0 Å². The maximum absolute atomic E-state index is 11.6. The number of rotatable bonds is 2. The zero-order chi connectivity index (χ0) is 10.9. The van der Waals surface area contributed by atoms with Gasteiger partial charge in [-0.2, -0.15) is 0 Å². The fraction of sp³-hybridized carbons (Fsp3) is 0.750. The average Bonchev–Trinajstić information content (AvgIpc) is 2.01. The van der Waals surface area contributed by atoms with Gasteiger partial charge in [0.05, 0.1) is 0 Å². The third-order valence-corrected chi connectivity index (χ3v) is 11.5. The van der Waals surface area contributed by atoms with E-state index < -0.39 is 18.4 Å². The molecule has 1 nitrogen and oxygen atoms in total. The van der Waals surface area contributed by atoms with E-state index in [1.54, 1.807) is 6.92 Å². The van der Waals surface area contributed by atoms with Gasteiger partial charge in [0, 0.05) is 0 Å². The van der Waals surface area contributed by atoms with Gasteiger partial charge in [0.1, 0.15) is 0 Å². The number of allylic oxidation sites excluding steroid dienone is 2. The second kappa shape index (κ2) is 4.38. The van der Waals surface area contributed by atoms with Gasteiger partial charge in [0.2, 0.25) is 0 Å². The predicted octanol–water partition coefficient (Wildman–Crippen LogP) is 3.64. The van der Waals surface area contributed by atoms with Crippen molar-refractivity contribution in [3.63, 3.8) is 0 Å². The Morgan fingerprint density at radius 1 is 1.43 bits per heavy atom. The molecule has 0 bridgehead atoms. The van der Waals surface area contributed by atoms with E-state index in [0.717, 1.165) is 10.4 Å². The van der Waals surface area contributed by atoms with Crippen LogP contribution in [-0.4, -0.2) is 24.2 Å². The monoisotopic (exact) mass is 302 g/mol. The molecule has 0 unspecified atom stereocenters. The summed E-state index contributed by atoms with van der Waals surface area (Å²) in [6.07, 6.45) is 4.45. The van der Waals surface area contributed by atoms with Crippen LogP contribution in [0.25, 0.3) is 0 Å². The Balaban J connectivity index is 2.89. The van der Waals surface area contributed by atoms with Crippen LogP contribution in [0.1, 0.15) is 26.7 Å². The van der Waals surface area contributed by atoms with Crippen molar-refractivity contribution in [3.8, 4) is 0 Å². The van der Waals surface area contributed by atoms with Crippen LogP contribution in [-0.2, 0) is 4.79 Å². The minimum atomic E-state index is -1.92. The summed E-state index contributed by atoms with van der Waals surface area (Å²) in [5.74, 6) is 0.750. The van der Waals surface area contributed by atoms with Crippen molar-refractivity contribution in [3.05, 3.63) is 11.6 Å². The SMILES string of the molecule is CC(=O)[C@@H]1CC=C(C)C[C@H]1[Sn]([CH3])([CH3])[CH3]. The van der Waals surface area contributed by atoms with Crippen LogP contribution in [0.4, 0.5) is 0 Å². The number of ketones is 1. The van der Waals surface area contributed by atoms with Gasteiger partial charge in [-0.3, -0.25) is 0 Å². The van der Waals surface area contributed by atoms with Gasteiger partial charge in [0.15, 0.2) is 0 Å². The third-order valence-electron chi connectivity index (χ3n) is 3.38. The summed E-state index contributed by atoms with van der Waals surface area (Å²) in [5.41, 5.74) is 1.50. The molecule has 0 saturated heterocycles. The van der Waals surface area contributed by atoms with Crippen molar-refractivity contribution in [2.24, 2.45) is 5.92 Å². The molecule has 0 aromatic rings. The van der Waals surface area contributed by atoms with E-state index in [-0.39, 0.29) is 0 Å². The number of carbonyl (C=O) groups excluding carboxylic acids is 1. The molecular weight excluding hydrogens is 279 g/mol. The van der Waals surface area contributed by atoms with Gasteiger partial charge in [-0.05, 0) is 0 Å². The minimum absolute atomic E-state index is 0.342. The topological polar surface area (TPSA) is 17.1 Å². The normalized spacial score (nSPS) is 28.5. The van der Waals surface area contributed by atoms with E-state index in [4.69, 9.17) is 0 Å². The Labute approximate surface area is 91.8 Å². The Morgan fingerprint density at radius 2 is 2.00 bits per heavy atom. The van der Waals surface area contributed by atoms with Crippen LogP contribution < -0.4 is 0 Å². The Kier molecular flexibility index (Phi) is 3.84. The van der Waals surface area contributed by atoms with E-state index >= 15 is 0 Å². The van der Waals surface area contributed by atoms with Crippen molar-refractivity contribution in [1.82, 2.24) is 0 Å². The molecule has 0 fully saturated rings. The first-order chi connectivity index (χ1) is 6.32. The summed E-state index contributed by atoms with van der Waals surface area (Å²) < 4.78 is 0.729. The van der Waals surface area contributed by atoms with E-state index in [0.29, 0.717) is 11.7 Å². The van der Waals surface area contributed by atoms with Crippen molar-refractivity contribution >= 4 is 24.2 Å². The molecule has 0 amide bonds. The standard InChI is InChI=1S/C9H13O.3CH3.Sn/c1-7-3-5-9(6-4-7)8(2)10;;;;/h3,6,9H,4-5H2,1-2H3;3*1H3;/t9-;;;;/m1..../s1. The van der Waals surface area contributed by atoms with E-state index in [1.165, 1.54) is 12.0 Å². The van der Waals surface area contributed by atoms with Crippen molar-refractivity contribution in [2.45, 2.75) is 45.4 Å². The summed E-state index contributed by atoms with van der Waals surface area (Å²) in [6, 6.07) is 0. The molecule has 0 aromatic heterocycles. The first kappa shape index (κ1) is 12.3. The van der Waals surface area contributed by atoms with Gasteiger partial charge >= 0.3 is 92.0 Å². The quantitative estimate of drug-likeness (QED) is 0.562. The molecule has 2 atom stereocenters. The molecule has 0 N–H and O–H groups in total. The number of carbonyl (C=O) groups is 1. The zero-order valence-corrected chi connectivity index (χ0v) is 12.9. The predicted molar refractivity (Wildman–Crippen MR) is 64.3 cm³/mol. The summed E-state index contributed by atoms with van der Waals surface area (Å²) in [6.45, 7) is 3.98. The Hall–Kier alpha value is 0.209. The number of Topliss-reactive ketones (excluding diaryl/α,β-unsaturated/α-hetero) is 1. The molecule has 0 aliphatic heterocycles. The molecule has 2 heteroatoms. The van der Waals surface area contributed by atoms with Crippen molar-refractivity contribution in [1.29, 1.82) is 0 Å². The molecule has 0 aromatic carbocycles. The van der Waals surface area contributed by atoms with Gasteiger partial charge in [-0.1, -0.05) is 0 Å². The third kappa shape index (κ3) is 2.85. The fourth-order valence-corrected chi connectivity index (χ4v) is 9.59. The molecule has 1 aliphatic rings. The van der Waals surface area contributed by atoms with Crippen LogP contribution in [0.2, 0.25) is 18.8 Å². The second-order valence-electron chi connectivity index (χ2n) is 5.68. The Morgan fingerprint density at radius 3 is 2.43 bits per heavy atom. The molecule has 0 spiro atoms. The molecule has 0 saturated carbocycles. The van der Waals surface area contributed by atoms with E-state index in [9.17, 15) is 4.79 Å². The molecule has 80 valence electrons. The fourth-order valence-electron chi connectivity index (χ4n) is 2.42. The van der Waals surface area contributed by atoms with Crippen LogP contribution in [0.15, 0.2) is 11.6 Å².